The zero-order valence-corrected chi connectivity index (χ0v) is 11.4. The second-order valence-electron chi connectivity index (χ2n) is 4.47. The van der Waals surface area contributed by atoms with Gasteiger partial charge >= 0.3 is 18.0 Å². The van der Waals surface area contributed by atoms with Crippen molar-refractivity contribution in [3.8, 4) is 0 Å². The molecular weight excluding hydrogens is 284 g/mol. The quantitative estimate of drug-likeness (QED) is 0.852. The molecule has 2 N–H and O–H groups in total. The van der Waals surface area contributed by atoms with Crippen LogP contribution in [0.1, 0.15) is 10.4 Å². The summed E-state index contributed by atoms with van der Waals surface area (Å²) in [7, 11) is 0. The molecule has 0 saturated heterocycles. The van der Waals surface area contributed by atoms with Crippen LogP contribution in [0.25, 0.3) is 0 Å². The number of hydrogen-bond donors (Lipinski definition) is 2. The van der Waals surface area contributed by atoms with Crippen molar-refractivity contribution in [2.45, 2.75) is 13.0 Å². The number of carboxylic acid groups (broad SMARTS) is 2. The molecule has 1 aliphatic rings. The molecule has 7 nitrogen and oxygen atoms in total. The van der Waals surface area contributed by atoms with E-state index >= 15 is 0 Å². The van der Waals surface area contributed by atoms with Gasteiger partial charge in [0, 0.05) is 18.0 Å². The van der Waals surface area contributed by atoms with Crippen molar-refractivity contribution >= 4 is 29.3 Å². The number of nitrogens with zero attached hydrogens (tertiary/aromatic N) is 2. The van der Waals surface area contributed by atoms with Crippen LogP contribution in [0.15, 0.2) is 11.4 Å². The first-order valence-corrected chi connectivity index (χ1v) is 6.88. The Labute approximate surface area is 119 Å². The standard InChI is InChI=1S/C12H14N2O5S/c15-10(16)6-14(7-11(17)18)12(19)13-3-1-9-8(5-13)2-4-20-9/h2,4H,1,3,5-7H2,(H,15,16)(H,17,18). The van der Waals surface area contributed by atoms with Gasteiger partial charge in [-0.3, -0.25) is 9.59 Å². The fraction of sp³-hybridized carbons (Fsp3) is 0.417. The fourth-order valence-corrected chi connectivity index (χ4v) is 3.02. The van der Waals surface area contributed by atoms with Gasteiger partial charge in [0.05, 0.1) is 0 Å². The zero-order chi connectivity index (χ0) is 14.7. The van der Waals surface area contributed by atoms with Crippen LogP contribution in [0.2, 0.25) is 0 Å². The molecule has 2 rings (SSSR count). The summed E-state index contributed by atoms with van der Waals surface area (Å²) in [6.07, 6.45) is 0.715. The van der Waals surface area contributed by atoms with E-state index in [0.29, 0.717) is 19.5 Å². The Bertz CT molecular complexity index is 526. The first-order valence-electron chi connectivity index (χ1n) is 6.00. The summed E-state index contributed by atoms with van der Waals surface area (Å²) in [6.45, 7) is -0.355. The lowest BCUT2D eigenvalue weighted by atomic mass is 10.1. The third kappa shape index (κ3) is 3.27. The van der Waals surface area contributed by atoms with Gasteiger partial charge in [0.1, 0.15) is 13.1 Å². The minimum atomic E-state index is -1.23. The molecule has 8 heteroatoms. The molecule has 0 unspecified atom stereocenters. The summed E-state index contributed by atoms with van der Waals surface area (Å²) in [5, 5.41) is 19.5. The Morgan fingerprint density at radius 1 is 1.25 bits per heavy atom. The summed E-state index contributed by atoms with van der Waals surface area (Å²) < 4.78 is 0. The lowest BCUT2D eigenvalue weighted by Gasteiger charge is -2.31. The third-order valence-corrected chi connectivity index (χ3v) is 4.02. The van der Waals surface area contributed by atoms with Gasteiger partial charge in [-0.15, -0.1) is 11.3 Å². The van der Waals surface area contributed by atoms with E-state index in [-0.39, 0.29) is 0 Å². The molecule has 0 bridgehead atoms. The molecule has 0 aromatic carbocycles. The SMILES string of the molecule is O=C(O)CN(CC(=O)O)C(=O)N1CCc2sccc2C1. The van der Waals surface area contributed by atoms with Gasteiger partial charge in [0.25, 0.3) is 0 Å². The van der Waals surface area contributed by atoms with Gasteiger partial charge in [-0.2, -0.15) is 0 Å². The lowest BCUT2D eigenvalue weighted by molar-refractivity contribution is -0.140. The molecule has 0 fully saturated rings. The van der Waals surface area contributed by atoms with Gasteiger partial charge in [-0.05, 0) is 23.4 Å². The molecule has 20 heavy (non-hydrogen) atoms. The molecule has 0 saturated carbocycles. The van der Waals surface area contributed by atoms with Crippen LogP contribution in [0.3, 0.4) is 0 Å². The van der Waals surface area contributed by atoms with Crippen molar-refractivity contribution in [3.63, 3.8) is 0 Å². The normalized spacial score (nSPS) is 13.7. The maximum atomic E-state index is 12.2. The van der Waals surface area contributed by atoms with Crippen molar-refractivity contribution in [2.24, 2.45) is 0 Å². The molecular formula is C12H14N2O5S. The van der Waals surface area contributed by atoms with Crippen molar-refractivity contribution in [3.05, 3.63) is 21.9 Å². The van der Waals surface area contributed by atoms with Crippen LogP contribution in [0, 0.1) is 0 Å². The van der Waals surface area contributed by atoms with Crippen LogP contribution in [0.4, 0.5) is 4.79 Å². The maximum absolute atomic E-state index is 12.2. The lowest BCUT2D eigenvalue weighted by Crippen LogP contribution is -2.48. The maximum Gasteiger partial charge on any atom is 0.323 e. The molecule has 0 spiro atoms. The molecule has 0 aliphatic carbocycles. The van der Waals surface area contributed by atoms with Crippen molar-refractivity contribution < 1.29 is 24.6 Å². The number of aliphatic carboxylic acids is 2. The second-order valence-corrected chi connectivity index (χ2v) is 5.47. The highest BCUT2D eigenvalue weighted by atomic mass is 32.1. The van der Waals surface area contributed by atoms with E-state index in [2.05, 4.69) is 0 Å². The van der Waals surface area contributed by atoms with E-state index in [4.69, 9.17) is 10.2 Å². The Morgan fingerprint density at radius 3 is 2.50 bits per heavy atom. The monoisotopic (exact) mass is 298 g/mol. The number of thiophene rings is 1. The predicted molar refractivity (Wildman–Crippen MR) is 70.7 cm³/mol. The topological polar surface area (TPSA) is 98.1 Å². The number of carboxylic acids is 2. The number of hydrogen-bond acceptors (Lipinski definition) is 4. The zero-order valence-electron chi connectivity index (χ0n) is 10.6. The fourth-order valence-electron chi connectivity index (χ4n) is 2.13. The van der Waals surface area contributed by atoms with Gasteiger partial charge in [0.15, 0.2) is 0 Å². The highest BCUT2D eigenvalue weighted by Gasteiger charge is 2.27. The average molecular weight is 298 g/mol. The first kappa shape index (κ1) is 14.3. The summed E-state index contributed by atoms with van der Waals surface area (Å²) >= 11 is 1.63. The minimum absolute atomic E-state index is 0.396. The molecule has 2 amide bonds. The summed E-state index contributed by atoms with van der Waals surface area (Å²) in [5.74, 6) is -2.46. The van der Waals surface area contributed by atoms with Crippen molar-refractivity contribution in [1.29, 1.82) is 0 Å². The van der Waals surface area contributed by atoms with Gasteiger partial charge in [-0.1, -0.05) is 0 Å². The minimum Gasteiger partial charge on any atom is -0.480 e. The van der Waals surface area contributed by atoms with E-state index in [1.807, 2.05) is 11.4 Å². The molecule has 0 radical (unpaired) electrons. The van der Waals surface area contributed by atoms with E-state index in [1.165, 1.54) is 9.78 Å². The summed E-state index contributed by atoms with van der Waals surface area (Å²) in [6, 6.07) is 1.38. The van der Waals surface area contributed by atoms with Crippen molar-refractivity contribution in [2.75, 3.05) is 19.6 Å². The Morgan fingerprint density at radius 2 is 1.90 bits per heavy atom. The van der Waals surface area contributed by atoms with Crippen LogP contribution in [-0.4, -0.2) is 57.6 Å². The molecule has 1 aliphatic heterocycles. The molecule has 0 atom stereocenters. The number of amides is 2. The van der Waals surface area contributed by atoms with Crippen molar-refractivity contribution in [1.82, 2.24) is 9.80 Å². The average Bonchev–Trinajstić information content (AvgIpc) is 2.83. The van der Waals surface area contributed by atoms with Crippen LogP contribution in [-0.2, 0) is 22.6 Å². The summed E-state index contributed by atoms with van der Waals surface area (Å²) in [5.41, 5.74) is 1.04. The van der Waals surface area contributed by atoms with Crippen LogP contribution in [0.5, 0.6) is 0 Å². The molecule has 1 aromatic rings. The number of carbonyl (C=O) groups excluding carboxylic acids is 1. The van der Waals surface area contributed by atoms with E-state index in [1.54, 1.807) is 11.3 Å². The number of rotatable bonds is 4. The molecule has 2 heterocycles. The number of carbonyl (C=O) groups is 3. The van der Waals surface area contributed by atoms with Gasteiger partial charge in [-0.25, -0.2) is 4.79 Å². The van der Waals surface area contributed by atoms with Crippen LogP contribution < -0.4 is 0 Å². The number of fused-ring (bicyclic) bond motifs is 1. The Balaban J connectivity index is 2.08. The predicted octanol–water partition coefficient (Wildman–Crippen LogP) is 0.697. The smallest absolute Gasteiger partial charge is 0.323 e. The second kappa shape index (κ2) is 5.91. The van der Waals surface area contributed by atoms with E-state index in [9.17, 15) is 14.4 Å². The van der Waals surface area contributed by atoms with Gasteiger partial charge < -0.3 is 20.0 Å². The Hall–Kier alpha value is -2.09. The third-order valence-electron chi connectivity index (χ3n) is 3.00. The first-order chi connectivity index (χ1) is 9.47. The van der Waals surface area contributed by atoms with E-state index in [0.717, 1.165) is 10.5 Å². The number of urea groups is 1. The highest BCUT2D eigenvalue weighted by molar-refractivity contribution is 7.10. The van der Waals surface area contributed by atoms with Gasteiger partial charge in [0.2, 0.25) is 0 Å². The molecule has 108 valence electrons. The van der Waals surface area contributed by atoms with E-state index < -0.39 is 31.1 Å². The summed E-state index contributed by atoms with van der Waals surface area (Å²) in [4.78, 5) is 37.2. The van der Waals surface area contributed by atoms with Crippen LogP contribution >= 0.6 is 11.3 Å². The molecule has 1 aromatic heterocycles. The Kier molecular flexibility index (Phi) is 4.23. The largest absolute Gasteiger partial charge is 0.480 e. The highest BCUT2D eigenvalue weighted by Crippen LogP contribution is 2.24.